The summed E-state index contributed by atoms with van der Waals surface area (Å²) in [6.07, 6.45) is 3.69. The van der Waals surface area contributed by atoms with Gasteiger partial charge >= 0.3 is 0 Å². The van der Waals surface area contributed by atoms with Crippen LogP contribution in [-0.2, 0) is 6.42 Å². The van der Waals surface area contributed by atoms with Gasteiger partial charge in [0.15, 0.2) is 0 Å². The van der Waals surface area contributed by atoms with Crippen molar-refractivity contribution < 1.29 is 5.11 Å². The molecule has 2 aromatic carbocycles. The van der Waals surface area contributed by atoms with Gasteiger partial charge in [0, 0.05) is 11.9 Å². The smallest absolute Gasteiger partial charge is 0.123 e. The molecule has 1 aliphatic heterocycles. The van der Waals surface area contributed by atoms with Crippen molar-refractivity contribution >= 4 is 10.8 Å². The molecular formula is C16H19NO. The maximum atomic E-state index is 10.0. The Balaban J connectivity index is 1.86. The highest BCUT2D eigenvalue weighted by Gasteiger charge is 2.12. The molecule has 0 spiro atoms. The third kappa shape index (κ3) is 2.21. The van der Waals surface area contributed by atoms with Crippen molar-refractivity contribution in [1.29, 1.82) is 0 Å². The highest BCUT2D eigenvalue weighted by atomic mass is 16.3. The van der Waals surface area contributed by atoms with Gasteiger partial charge in [-0.1, -0.05) is 30.3 Å². The maximum Gasteiger partial charge on any atom is 0.123 e. The zero-order valence-corrected chi connectivity index (χ0v) is 10.6. The van der Waals surface area contributed by atoms with E-state index in [2.05, 4.69) is 29.2 Å². The van der Waals surface area contributed by atoms with E-state index in [4.69, 9.17) is 0 Å². The third-order valence-corrected chi connectivity index (χ3v) is 3.87. The van der Waals surface area contributed by atoms with E-state index in [1.165, 1.54) is 31.5 Å². The van der Waals surface area contributed by atoms with E-state index in [1.54, 1.807) is 6.07 Å². The number of nitrogens with zero attached hydrogens (tertiary/aromatic N) is 1. The van der Waals surface area contributed by atoms with Gasteiger partial charge in [-0.05, 0) is 49.4 Å². The lowest BCUT2D eigenvalue weighted by atomic mass is 10.0. The number of benzene rings is 2. The van der Waals surface area contributed by atoms with Gasteiger partial charge in [0.2, 0.25) is 0 Å². The number of fused-ring (bicyclic) bond motifs is 1. The summed E-state index contributed by atoms with van der Waals surface area (Å²) in [4.78, 5) is 2.51. The van der Waals surface area contributed by atoms with Crippen LogP contribution in [0.25, 0.3) is 10.8 Å². The number of hydrogen-bond acceptors (Lipinski definition) is 2. The van der Waals surface area contributed by atoms with Gasteiger partial charge in [-0.2, -0.15) is 0 Å². The predicted molar refractivity (Wildman–Crippen MR) is 75.0 cm³/mol. The molecule has 0 bridgehead atoms. The van der Waals surface area contributed by atoms with Crippen LogP contribution in [0.3, 0.4) is 0 Å². The zero-order chi connectivity index (χ0) is 12.4. The Bertz CT molecular complexity index is 539. The summed E-state index contributed by atoms with van der Waals surface area (Å²) in [5.74, 6) is 0.407. The molecule has 2 nitrogen and oxygen atoms in total. The van der Waals surface area contributed by atoms with Gasteiger partial charge in [-0.25, -0.2) is 0 Å². The average Bonchev–Trinajstić information content (AvgIpc) is 2.89. The van der Waals surface area contributed by atoms with Crippen molar-refractivity contribution in [2.24, 2.45) is 0 Å². The van der Waals surface area contributed by atoms with Crippen LogP contribution < -0.4 is 0 Å². The van der Waals surface area contributed by atoms with Crippen LogP contribution in [0.2, 0.25) is 0 Å². The molecule has 1 aliphatic rings. The van der Waals surface area contributed by atoms with Crippen LogP contribution in [0.4, 0.5) is 0 Å². The lowest BCUT2D eigenvalue weighted by Crippen LogP contribution is -2.21. The molecule has 1 saturated heterocycles. The van der Waals surface area contributed by atoms with E-state index >= 15 is 0 Å². The Morgan fingerprint density at radius 2 is 1.72 bits per heavy atom. The molecule has 94 valence electrons. The first-order chi connectivity index (χ1) is 8.84. The molecule has 0 aromatic heterocycles. The molecule has 0 saturated carbocycles. The monoisotopic (exact) mass is 241 g/mol. The number of likely N-dealkylation sites (tertiary alicyclic amines) is 1. The fourth-order valence-corrected chi connectivity index (χ4v) is 2.89. The highest BCUT2D eigenvalue weighted by molar-refractivity contribution is 5.91. The SMILES string of the molecule is Oc1cccc2cccc(CCN3CCCC3)c12. The molecule has 0 radical (unpaired) electrons. The summed E-state index contributed by atoms with van der Waals surface area (Å²) >= 11 is 0. The van der Waals surface area contributed by atoms with Gasteiger partial charge in [-0.15, -0.1) is 0 Å². The van der Waals surface area contributed by atoms with E-state index in [0.29, 0.717) is 5.75 Å². The average molecular weight is 241 g/mol. The largest absolute Gasteiger partial charge is 0.507 e. The predicted octanol–water partition coefficient (Wildman–Crippen LogP) is 3.18. The number of aromatic hydroxyl groups is 1. The Morgan fingerprint density at radius 3 is 2.50 bits per heavy atom. The van der Waals surface area contributed by atoms with E-state index in [0.717, 1.165) is 23.7 Å². The molecule has 2 heteroatoms. The van der Waals surface area contributed by atoms with E-state index in [9.17, 15) is 5.11 Å². The van der Waals surface area contributed by atoms with E-state index in [1.807, 2.05) is 6.07 Å². The second kappa shape index (κ2) is 4.99. The van der Waals surface area contributed by atoms with Crippen LogP contribution in [0, 0.1) is 0 Å². The second-order valence-corrected chi connectivity index (χ2v) is 5.09. The van der Waals surface area contributed by atoms with E-state index < -0.39 is 0 Å². The molecule has 1 N–H and O–H groups in total. The second-order valence-electron chi connectivity index (χ2n) is 5.09. The standard InChI is InChI=1S/C16H19NO/c18-15-8-4-7-13-5-3-6-14(16(13)15)9-12-17-10-1-2-11-17/h3-8,18H,1-2,9-12H2. The van der Waals surface area contributed by atoms with Crippen molar-refractivity contribution in [2.45, 2.75) is 19.3 Å². The Morgan fingerprint density at radius 1 is 1.00 bits per heavy atom. The van der Waals surface area contributed by atoms with E-state index in [-0.39, 0.29) is 0 Å². The molecule has 2 aromatic rings. The summed E-state index contributed by atoms with van der Waals surface area (Å²) in [5.41, 5.74) is 1.26. The molecule has 0 amide bonds. The topological polar surface area (TPSA) is 23.5 Å². The van der Waals surface area contributed by atoms with Crippen molar-refractivity contribution in [3.63, 3.8) is 0 Å². The molecule has 1 heterocycles. The molecule has 3 rings (SSSR count). The normalized spacial score (nSPS) is 16.4. The van der Waals surface area contributed by atoms with Crippen LogP contribution in [0.5, 0.6) is 5.75 Å². The summed E-state index contributed by atoms with van der Waals surface area (Å²) in [5, 5.41) is 12.2. The number of rotatable bonds is 3. The Labute approximate surface area is 108 Å². The molecule has 0 aliphatic carbocycles. The van der Waals surface area contributed by atoms with Crippen molar-refractivity contribution in [2.75, 3.05) is 19.6 Å². The van der Waals surface area contributed by atoms with Crippen LogP contribution in [0.15, 0.2) is 36.4 Å². The van der Waals surface area contributed by atoms with Crippen molar-refractivity contribution in [3.8, 4) is 5.75 Å². The quantitative estimate of drug-likeness (QED) is 0.892. The first-order valence-corrected chi connectivity index (χ1v) is 6.76. The van der Waals surface area contributed by atoms with Crippen molar-refractivity contribution in [3.05, 3.63) is 42.0 Å². The van der Waals surface area contributed by atoms with Crippen LogP contribution >= 0.6 is 0 Å². The zero-order valence-electron chi connectivity index (χ0n) is 10.6. The van der Waals surface area contributed by atoms with Gasteiger partial charge in [0.1, 0.15) is 5.75 Å². The summed E-state index contributed by atoms with van der Waals surface area (Å²) in [6, 6.07) is 12.0. The minimum atomic E-state index is 0.407. The lowest BCUT2D eigenvalue weighted by molar-refractivity contribution is 0.344. The summed E-state index contributed by atoms with van der Waals surface area (Å²) in [7, 11) is 0. The fourth-order valence-electron chi connectivity index (χ4n) is 2.89. The van der Waals surface area contributed by atoms with Gasteiger partial charge < -0.3 is 10.0 Å². The first kappa shape index (κ1) is 11.5. The van der Waals surface area contributed by atoms with Crippen LogP contribution in [-0.4, -0.2) is 29.6 Å². The van der Waals surface area contributed by atoms with Gasteiger partial charge in [-0.3, -0.25) is 0 Å². The van der Waals surface area contributed by atoms with Gasteiger partial charge in [0.05, 0.1) is 0 Å². The van der Waals surface area contributed by atoms with Crippen LogP contribution in [0.1, 0.15) is 18.4 Å². The fraction of sp³-hybridized carbons (Fsp3) is 0.375. The molecule has 0 atom stereocenters. The Kier molecular flexibility index (Phi) is 3.20. The minimum Gasteiger partial charge on any atom is -0.507 e. The van der Waals surface area contributed by atoms with Gasteiger partial charge in [0.25, 0.3) is 0 Å². The third-order valence-electron chi connectivity index (χ3n) is 3.87. The highest BCUT2D eigenvalue weighted by Crippen LogP contribution is 2.28. The lowest BCUT2D eigenvalue weighted by Gasteiger charge is -2.15. The molecule has 0 unspecified atom stereocenters. The summed E-state index contributed by atoms with van der Waals surface area (Å²) in [6.45, 7) is 3.57. The minimum absolute atomic E-state index is 0.407. The first-order valence-electron chi connectivity index (χ1n) is 6.76. The Hall–Kier alpha value is -1.54. The number of phenols is 1. The maximum absolute atomic E-state index is 10.0. The molecule has 1 fully saturated rings. The number of hydrogen-bond donors (Lipinski definition) is 1. The molecular weight excluding hydrogens is 222 g/mol. The summed E-state index contributed by atoms with van der Waals surface area (Å²) < 4.78 is 0. The number of phenolic OH excluding ortho intramolecular Hbond substituents is 1. The van der Waals surface area contributed by atoms with Crippen molar-refractivity contribution in [1.82, 2.24) is 4.90 Å². The molecule has 18 heavy (non-hydrogen) atoms.